The van der Waals surface area contributed by atoms with Crippen LogP contribution in [0.5, 0.6) is 0 Å². The van der Waals surface area contributed by atoms with Crippen LogP contribution in [0.1, 0.15) is 40.5 Å². The number of nitrogens with one attached hydrogen (secondary N) is 1. The van der Waals surface area contributed by atoms with Crippen molar-refractivity contribution in [2.45, 2.75) is 40.5 Å². The Morgan fingerprint density at radius 3 is 2.31 bits per heavy atom. The summed E-state index contributed by atoms with van der Waals surface area (Å²) in [4.78, 5) is 0. The molecule has 5 heteroatoms. The summed E-state index contributed by atoms with van der Waals surface area (Å²) in [5, 5.41) is 8.70. The smallest absolute Gasteiger partial charge is 0.211 e. The van der Waals surface area contributed by atoms with Gasteiger partial charge in [-0.15, -0.1) is 0 Å². The second-order valence-electron chi connectivity index (χ2n) is 5.60. The Labute approximate surface area is 99.5 Å². The minimum Gasteiger partial charge on any atom is -0.396 e. The molecule has 0 aromatic rings. The first-order valence-electron chi connectivity index (χ1n) is 5.74. The molecule has 2 N–H and O–H groups in total. The fourth-order valence-corrected chi connectivity index (χ4v) is 2.67. The molecular formula is C11H25NO3S. The lowest BCUT2D eigenvalue weighted by Crippen LogP contribution is -2.32. The summed E-state index contributed by atoms with van der Waals surface area (Å²) in [5.41, 5.74) is 0.0332. The molecule has 0 bridgehead atoms. The molecule has 0 aromatic carbocycles. The second kappa shape index (κ2) is 6.57. The number of hydrogen-bond acceptors (Lipinski definition) is 3. The Balaban J connectivity index is 3.97. The summed E-state index contributed by atoms with van der Waals surface area (Å²) < 4.78 is 25.8. The predicted molar refractivity (Wildman–Crippen MR) is 66.7 cm³/mol. The van der Waals surface area contributed by atoms with Crippen LogP contribution >= 0.6 is 0 Å². The van der Waals surface area contributed by atoms with E-state index in [0.717, 1.165) is 0 Å². The van der Waals surface area contributed by atoms with E-state index in [4.69, 9.17) is 5.11 Å². The molecule has 0 aliphatic carbocycles. The lowest BCUT2D eigenvalue weighted by Gasteiger charge is -2.18. The normalized spacial score (nSPS) is 15.1. The first-order valence-corrected chi connectivity index (χ1v) is 7.40. The van der Waals surface area contributed by atoms with Gasteiger partial charge in [-0.05, 0) is 24.2 Å². The molecule has 4 nitrogen and oxygen atoms in total. The highest BCUT2D eigenvalue weighted by Crippen LogP contribution is 2.18. The standard InChI is InChI=1S/C11H25NO3S/c1-10(5-7-13)9-12-16(14,15)8-6-11(2,3)4/h10,12-13H,5-9H2,1-4H3. The second-order valence-corrected chi connectivity index (χ2v) is 7.52. The van der Waals surface area contributed by atoms with Gasteiger partial charge in [0.15, 0.2) is 0 Å². The first kappa shape index (κ1) is 15.9. The fourth-order valence-electron chi connectivity index (χ4n) is 1.10. The van der Waals surface area contributed by atoms with Gasteiger partial charge in [-0.3, -0.25) is 0 Å². The van der Waals surface area contributed by atoms with Gasteiger partial charge in [-0.1, -0.05) is 27.7 Å². The van der Waals surface area contributed by atoms with Crippen molar-refractivity contribution in [2.75, 3.05) is 18.9 Å². The lowest BCUT2D eigenvalue weighted by atomic mass is 9.94. The van der Waals surface area contributed by atoms with Crippen molar-refractivity contribution >= 4 is 10.0 Å². The summed E-state index contributed by atoms with van der Waals surface area (Å²) >= 11 is 0. The number of rotatable bonds is 7. The van der Waals surface area contributed by atoms with Crippen molar-refractivity contribution in [3.63, 3.8) is 0 Å². The predicted octanol–water partition coefficient (Wildman–Crippen LogP) is 1.36. The zero-order valence-corrected chi connectivity index (χ0v) is 11.6. The van der Waals surface area contributed by atoms with Crippen LogP contribution in [0.3, 0.4) is 0 Å². The number of sulfonamides is 1. The van der Waals surface area contributed by atoms with E-state index in [1.165, 1.54) is 0 Å². The fraction of sp³-hybridized carbons (Fsp3) is 1.00. The van der Waals surface area contributed by atoms with Crippen LogP contribution in [0, 0.1) is 11.3 Å². The molecule has 1 unspecified atom stereocenters. The van der Waals surface area contributed by atoms with Crippen LogP contribution in [-0.4, -0.2) is 32.4 Å². The number of hydrogen-bond donors (Lipinski definition) is 2. The molecule has 0 aliphatic rings. The molecule has 0 rings (SSSR count). The molecule has 0 saturated carbocycles. The number of aliphatic hydroxyl groups excluding tert-OH is 1. The van der Waals surface area contributed by atoms with E-state index in [9.17, 15) is 8.42 Å². The van der Waals surface area contributed by atoms with Crippen molar-refractivity contribution in [2.24, 2.45) is 11.3 Å². The van der Waals surface area contributed by atoms with E-state index in [2.05, 4.69) is 4.72 Å². The molecule has 98 valence electrons. The third kappa shape index (κ3) is 9.12. The first-order chi connectivity index (χ1) is 7.16. The minimum absolute atomic E-state index is 0.0332. The van der Waals surface area contributed by atoms with Gasteiger partial charge in [-0.2, -0.15) is 0 Å². The zero-order valence-electron chi connectivity index (χ0n) is 10.8. The zero-order chi connectivity index (χ0) is 12.8. The maximum atomic E-state index is 11.6. The third-order valence-electron chi connectivity index (χ3n) is 2.39. The summed E-state index contributed by atoms with van der Waals surface area (Å²) in [7, 11) is -3.16. The molecular weight excluding hydrogens is 226 g/mol. The van der Waals surface area contributed by atoms with Crippen LogP contribution in [0.2, 0.25) is 0 Å². The Hall–Kier alpha value is -0.130. The van der Waals surface area contributed by atoms with Gasteiger partial charge >= 0.3 is 0 Å². The highest BCUT2D eigenvalue weighted by Gasteiger charge is 2.17. The minimum atomic E-state index is -3.16. The van der Waals surface area contributed by atoms with Gasteiger partial charge in [0, 0.05) is 13.2 Å². The molecule has 16 heavy (non-hydrogen) atoms. The Morgan fingerprint density at radius 2 is 1.88 bits per heavy atom. The molecule has 0 spiro atoms. The lowest BCUT2D eigenvalue weighted by molar-refractivity contribution is 0.263. The molecule has 0 aliphatic heterocycles. The van der Waals surface area contributed by atoms with Crippen molar-refractivity contribution in [1.82, 2.24) is 4.72 Å². The van der Waals surface area contributed by atoms with E-state index in [0.29, 0.717) is 19.4 Å². The average Bonchev–Trinajstić information content (AvgIpc) is 2.12. The Bertz CT molecular complexity index is 280. The van der Waals surface area contributed by atoms with Crippen LogP contribution in [0.25, 0.3) is 0 Å². The summed E-state index contributed by atoms with van der Waals surface area (Å²) in [6.07, 6.45) is 1.28. The van der Waals surface area contributed by atoms with Gasteiger partial charge in [0.05, 0.1) is 5.75 Å². The van der Waals surface area contributed by atoms with Crippen LogP contribution < -0.4 is 4.72 Å². The molecule has 1 atom stereocenters. The largest absolute Gasteiger partial charge is 0.396 e. The SMILES string of the molecule is CC(CCO)CNS(=O)(=O)CCC(C)(C)C. The van der Waals surface area contributed by atoms with E-state index in [1.54, 1.807) is 0 Å². The van der Waals surface area contributed by atoms with Gasteiger partial charge < -0.3 is 5.11 Å². The Kier molecular flexibility index (Phi) is 6.51. The highest BCUT2D eigenvalue weighted by molar-refractivity contribution is 7.89. The topological polar surface area (TPSA) is 66.4 Å². The van der Waals surface area contributed by atoms with Crippen LogP contribution in [-0.2, 0) is 10.0 Å². The quantitative estimate of drug-likeness (QED) is 0.718. The highest BCUT2D eigenvalue weighted by atomic mass is 32.2. The maximum absolute atomic E-state index is 11.6. The van der Waals surface area contributed by atoms with Gasteiger partial charge in [0.25, 0.3) is 0 Å². The summed E-state index contributed by atoms with van der Waals surface area (Å²) in [6.45, 7) is 8.51. The van der Waals surface area contributed by atoms with Crippen molar-refractivity contribution in [1.29, 1.82) is 0 Å². The average molecular weight is 251 g/mol. The molecule has 0 saturated heterocycles. The van der Waals surface area contributed by atoms with E-state index in [-0.39, 0.29) is 23.7 Å². The van der Waals surface area contributed by atoms with Crippen LogP contribution in [0.4, 0.5) is 0 Å². The molecule has 0 fully saturated rings. The van der Waals surface area contributed by atoms with Crippen molar-refractivity contribution < 1.29 is 13.5 Å². The van der Waals surface area contributed by atoms with E-state index >= 15 is 0 Å². The molecule has 0 aromatic heterocycles. The monoisotopic (exact) mass is 251 g/mol. The molecule has 0 amide bonds. The van der Waals surface area contributed by atoms with Crippen molar-refractivity contribution in [3.05, 3.63) is 0 Å². The van der Waals surface area contributed by atoms with E-state index < -0.39 is 10.0 Å². The third-order valence-corrected chi connectivity index (χ3v) is 3.74. The van der Waals surface area contributed by atoms with Crippen molar-refractivity contribution in [3.8, 4) is 0 Å². The summed E-state index contributed by atoms with van der Waals surface area (Å²) in [5.74, 6) is 0.344. The number of aliphatic hydroxyl groups is 1. The van der Waals surface area contributed by atoms with Gasteiger partial charge in [-0.25, -0.2) is 13.1 Å². The molecule has 0 radical (unpaired) electrons. The van der Waals surface area contributed by atoms with Gasteiger partial charge in [0.2, 0.25) is 10.0 Å². The van der Waals surface area contributed by atoms with E-state index in [1.807, 2.05) is 27.7 Å². The van der Waals surface area contributed by atoms with Crippen LogP contribution in [0.15, 0.2) is 0 Å². The molecule has 0 heterocycles. The maximum Gasteiger partial charge on any atom is 0.211 e. The Morgan fingerprint density at radius 1 is 1.31 bits per heavy atom. The summed E-state index contributed by atoms with van der Waals surface area (Å²) in [6, 6.07) is 0. The van der Waals surface area contributed by atoms with Gasteiger partial charge in [0.1, 0.15) is 0 Å².